The molecule has 0 aromatic heterocycles. The van der Waals surface area contributed by atoms with E-state index in [1.807, 2.05) is 0 Å². The van der Waals surface area contributed by atoms with Crippen molar-refractivity contribution in [2.75, 3.05) is 12.9 Å². The van der Waals surface area contributed by atoms with Crippen LogP contribution in [-0.4, -0.2) is 53.5 Å². The number of rotatable bonds is 5. The molecule has 2 aliphatic heterocycles. The molecule has 0 radical (unpaired) electrons. The summed E-state index contributed by atoms with van der Waals surface area (Å²) >= 11 is 6.57. The largest absolute Gasteiger partial charge is 0.493 e. The van der Waals surface area contributed by atoms with E-state index in [0.29, 0.717) is 16.1 Å². The van der Waals surface area contributed by atoms with Crippen molar-refractivity contribution in [3.63, 3.8) is 0 Å². The standard InChI is InChI=1S/C22H17ClN4O6S2/c1-3-35(30,31)22-26-27-18(24)15(19(28)25-21(27)34-22)10-12-4-9-16(17(11-12)32-2)33-20(29)13-5-7-14(23)8-6-13/h4-11,24H,3H2,1-2H3/b15-10-,24-18?. The Morgan fingerprint density at radius 3 is 2.57 bits per heavy atom. The summed E-state index contributed by atoms with van der Waals surface area (Å²) in [4.78, 5) is 28.9. The fourth-order valence-corrected chi connectivity index (χ4v) is 5.28. The number of amides is 1. The first-order chi connectivity index (χ1) is 16.6. The molecule has 2 aliphatic rings. The number of hydrogen-bond donors (Lipinski definition) is 1. The van der Waals surface area contributed by atoms with Gasteiger partial charge >= 0.3 is 5.97 Å². The second-order valence-corrected chi connectivity index (χ2v) is 10.9. The van der Waals surface area contributed by atoms with Crippen LogP contribution in [0, 0.1) is 5.41 Å². The van der Waals surface area contributed by atoms with Crippen molar-refractivity contribution in [3.8, 4) is 11.5 Å². The van der Waals surface area contributed by atoms with Crippen molar-refractivity contribution >= 4 is 66.5 Å². The number of amidine groups is 2. The van der Waals surface area contributed by atoms with Gasteiger partial charge in [-0.25, -0.2) is 13.2 Å². The molecule has 0 bridgehead atoms. The molecule has 10 nitrogen and oxygen atoms in total. The van der Waals surface area contributed by atoms with Gasteiger partial charge in [0.2, 0.25) is 19.4 Å². The molecule has 1 N–H and O–H groups in total. The number of sulfone groups is 1. The first kappa shape index (κ1) is 24.6. The summed E-state index contributed by atoms with van der Waals surface area (Å²) in [6, 6.07) is 10.8. The molecule has 0 spiro atoms. The second kappa shape index (κ2) is 9.64. The molecule has 2 aromatic carbocycles. The molecule has 0 saturated carbocycles. The molecule has 13 heteroatoms. The molecule has 0 unspecified atom stereocenters. The molecule has 4 rings (SSSR count). The Labute approximate surface area is 209 Å². The monoisotopic (exact) mass is 532 g/mol. The number of carbonyl (C=O) groups is 2. The lowest BCUT2D eigenvalue weighted by Gasteiger charge is -2.20. The number of aliphatic imine (C=N–C) groups is 1. The van der Waals surface area contributed by atoms with Gasteiger partial charge in [-0.1, -0.05) is 24.6 Å². The number of thioether (sulfide) groups is 1. The molecule has 0 atom stereocenters. The van der Waals surface area contributed by atoms with Crippen LogP contribution in [0.5, 0.6) is 11.5 Å². The topological polar surface area (TPSA) is 139 Å². The van der Waals surface area contributed by atoms with Crippen LogP contribution in [0.3, 0.4) is 0 Å². The third kappa shape index (κ3) is 4.99. The van der Waals surface area contributed by atoms with E-state index < -0.39 is 21.7 Å². The average molecular weight is 533 g/mol. The maximum atomic E-state index is 12.6. The number of halogens is 1. The van der Waals surface area contributed by atoms with E-state index in [0.717, 1.165) is 16.8 Å². The second-order valence-electron chi connectivity index (χ2n) is 7.10. The fourth-order valence-electron chi connectivity index (χ4n) is 2.99. The summed E-state index contributed by atoms with van der Waals surface area (Å²) in [7, 11) is -2.23. The van der Waals surface area contributed by atoms with Gasteiger partial charge in [-0.2, -0.15) is 10.0 Å². The molecule has 1 amide bonds. The van der Waals surface area contributed by atoms with E-state index in [1.54, 1.807) is 18.2 Å². The van der Waals surface area contributed by atoms with Crippen molar-refractivity contribution in [1.29, 1.82) is 5.41 Å². The zero-order valence-corrected chi connectivity index (χ0v) is 20.7. The van der Waals surface area contributed by atoms with Crippen molar-refractivity contribution in [2.24, 2.45) is 10.1 Å². The van der Waals surface area contributed by atoms with Crippen LogP contribution in [0.15, 0.2) is 58.1 Å². The average Bonchev–Trinajstić information content (AvgIpc) is 3.28. The molecule has 2 heterocycles. The number of ether oxygens (including phenoxy) is 2. The number of esters is 1. The Morgan fingerprint density at radius 1 is 1.20 bits per heavy atom. The number of nitrogens with zero attached hydrogens (tertiary/aromatic N) is 3. The van der Waals surface area contributed by atoms with E-state index in [2.05, 4.69) is 10.1 Å². The number of methoxy groups -OCH3 is 1. The van der Waals surface area contributed by atoms with Gasteiger partial charge in [-0.15, -0.1) is 5.10 Å². The molecule has 35 heavy (non-hydrogen) atoms. The predicted molar refractivity (Wildman–Crippen MR) is 134 cm³/mol. The Hall–Kier alpha value is -3.48. The molecule has 0 aliphatic carbocycles. The zero-order chi connectivity index (χ0) is 25.3. The number of hydrogen-bond acceptors (Lipinski definition) is 9. The Balaban J connectivity index is 1.60. The highest BCUT2D eigenvalue weighted by Gasteiger charge is 2.39. The van der Waals surface area contributed by atoms with Crippen LogP contribution in [0.2, 0.25) is 5.02 Å². The number of fused-ring (bicyclic) bond motifs is 1. The van der Waals surface area contributed by atoms with Crippen molar-refractivity contribution < 1.29 is 27.5 Å². The van der Waals surface area contributed by atoms with Gasteiger partial charge in [-0.05, 0) is 59.8 Å². The van der Waals surface area contributed by atoms with Gasteiger partial charge < -0.3 is 9.47 Å². The van der Waals surface area contributed by atoms with Crippen molar-refractivity contribution in [1.82, 2.24) is 5.01 Å². The van der Waals surface area contributed by atoms with Crippen LogP contribution in [0.1, 0.15) is 22.8 Å². The smallest absolute Gasteiger partial charge is 0.343 e. The van der Waals surface area contributed by atoms with Crippen LogP contribution in [0.4, 0.5) is 0 Å². The lowest BCUT2D eigenvalue weighted by molar-refractivity contribution is -0.114. The first-order valence-corrected chi connectivity index (χ1v) is 12.9. The minimum absolute atomic E-state index is 0.00575. The summed E-state index contributed by atoms with van der Waals surface area (Å²) in [5.74, 6) is -1.44. The number of nitrogens with one attached hydrogen (secondary N) is 1. The normalized spacial score (nSPS) is 16.7. The summed E-state index contributed by atoms with van der Waals surface area (Å²) in [6.45, 7) is 1.48. The van der Waals surface area contributed by atoms with Gasteiger partial charge in [0.15, 0.2) is 17.3 Å². The minimum Gasteiger partial charge on any atom is -0.493 e. The SMILES string of the molecule is CCS(=O)(=O)C1=NN2C(=N)/C(=C/c3ccc(OC(=O)c4ccc(Cl)cc4)c(OC)c3)C(=O)N=C2S1. The van der Waals surface area contributed by atoms with Crippen molar-refractivity contribution in [3.05, 3.63) is 64.2 Å². The van der Waals surface area contributed by atoms with Gasteiger partial charge in [0.1, 0.15) is 0 Å². The summed E-state index contributed by atoms with van der Waals surface area (Å²) < 4.78 is 34.8. The first-order valence-electron chi connectivity index (χ1n) is 10.0. The fraction of sp³-hybridized carbons (Fsp3) is 0.136. The molecular weight excluding hydrogens is 516 g/mol. The van der Waals surface area contributed by atoms with E-state index in [9.17, 15) is 18.0 Å². The van der Waals surface area contributed by atoms with Crippen LogP contribution < -0.4 is 9.47 Å². The highest BCUT2D eigenvalue weighted by Crippen LogP contribution is 2.33. The van der Waals surface area contributed by atoms with Crippen LogP contribution >= 0.6 is 23.4 Å². The predicted octanol–water partition coefficient (Wildman–Crippen LogP) is 3.58. The third-order valence-corrected chi connectivity index (χ3v) is 8.20. The molecule has 2 aromatic rings. The van der Waals surface area contributed by atoms with Crippen molar-refractivity contribution in [2.45, 2.75) is 6.92 Å². The quantitative estimate of drug-likeness (QED) is 0.350. The minimum atomic E-state index is -3.62. The molecule has 180 valence electrons. The highest BCUT2D eigenvalue weighted by molar-refractivity contribution is 8.42. The summed E-state index contributed by atoms with van der Waals surface area (Å²) in [6.07, 6.45) is 1.39. The highest BCUT2D eigenvalue weighted by atomic mass is 35.5. The third-order valence-electron chi connectivity index (χ3n) is 4.86. The Kier molecular flexibility index (Phi) is 6.79. The lowest BCUT2D eigenvalue weighted by atomic mass is 10.1. The van der Waals surface area contributed by atoms with Gasteiger partial charge in [-0.3, -0.25) is 10.2 Å². The maximum Gasteiger partial charge on any atom is 0.343 e. The van der Waals surface area contributed by atoms with Gasteiger partial charge in [0.05, 0.1) is 24.0 Å². The van der Waals surface area contributed by atoms with E-state index in [-0.39, 0.29) is 38.2 Å². The molecule has 0 fully saturated rings. The number of carbonyl (C=O) groups excluding carboxylic acids is 2. The maximum absolute atomic E-state index is 12.6. The van der Waals surface area contributed by atoms with E-state index in [4.69, 9.17) is 26.5 Å². The molecular formula is C22H17ClN4O6S2. The lowest BCUT2D eigenvalue weighted by Crippen LogP contribution is -2.35. The van der Waals surface area contributed by atoms with E-state index in [1.165, 1.54) is 44.4 Å². The van der Waals surface area contributed by atoms with E-state index >= 15 is 0 Å². The Morgan fingerprint density at radius 2 is 1.91 bits per heavy atom. The summed E-state index contributed by atoms with van der Waals surface area (Å²) in [5.41, 5.74) is 0.657. The van der Waals surface area contributed by atoms with Crippen LogP contribution in [0.25, 0.3) is 6.08 Å². The number of benzene rings is 2. The number of hydrazone groups is 1. The van der Waals surface area contributed by atoms with Crippen LogP contribution in [-0.2, 0) is 14.6 Å². The zero-order valence-electron chi connectivity index (χ0n) is 18.3. The molecule has 0 saturated heterocycles. The summed E-state index contributed by atoms with van der Waals surface area (Å²) in [5, 5.41) is 13.8. The van der Waals surface area contributed by atoms with Gasteiger partial charge in [0.25, 0.3) is 5.91 Å². The Bertz CT molecular complexity index is 1450. The van der Waals surface area contributed by atoms with Gasteiger partial charge in [0, 0.05) is 5.02 Å².